The highest BCUT2D eigenvalue weighted by atomic mass is 19.4. The van der Waals surface area contributed by atoms with Gasteiger partial charge in [-0.2, -0.15) is 13.2 Å². The van der Waals surface area contributed by atoms with Gasteiger partial charge in [0, 0.05) is 36.6 Å². The molecule has 1 aliphatic heterocycles. The SMILES string of the molecule is CC1=c2cc(C(=O)c3c(C)ccc(C(=O)N4CCOCC4)c3C)n(C)c2=CC(C(F)(F)F)C1. The van der Waals surface area contributed by atoms with E-state index >= 15 is 0 Å². The number of hydrogen-bond acceptors (Lipinski definition) is 3. The number of carbonyl (C=O) groups excluding carboxylic acids is 2. The molecule has 33 heavy (non-hydrogen) atoms. The van der Waals surface area contributed by atoms with E-state index in [0.29, 0.717) is 70.4 Å². The summed E-state index contributed by atoms with van der Waals surface area (Å²) in [6.07, 6.45) is -3.25. The second-order valence-corrected chi connectivity index (χ2v) is 8.85. The predicted molar refractivity (Wildman–Crippen MR) is 118 cm³/mol. The highest BCUT2D eigenvalue weighted by Gasteiger charge is 2.39. The molecule has 1 fully saturated rings. The molecule has 0 N–H and O–H groups in total. The van der Waals surface area contributed by atoms with Crippen LogP contribution in [-0.4, -0.2) is 53.6 Å². The van der Waals surface area contributed by atoms with Crippen LogP contribution in [0.5, 0.6) is 0 Å². The van der Waals surface area contributed by atoms with Gasteiger partial charge in [-0.15, -0.1) is 0 Å². The fraction of sp³-hybridized carbons (Fsp3) is 0.440. The van der Waals surface area contributed by atoms with E-state index in [-0.39, 0.29) is 18.1 Å². The monoisotopic (exact) mass is 460 g/mol. The maximum atomic E-state index is 13.7. The Morgan fingerprint density at radius 3 is 2.39 bits per heavy atom. The average molecular weight is 460 g/mol. The van der Waals surface area contributed by atoms with E-state index in [0.717, 1.165) is 0 Å². The van der Waals surface area contributed by atoms with E-state index in [1.165, 1.54) is 10.6 Å². The molecular weight excluding hydrogens is 433 g/mol. The van der Waals surface area contributed by atoms with Crippen molar-refractivity contribution in [3.05, 3.63) is 56.7 Å². The van der Waals surface area contributed by atoms with Gasteiger partial charge < -0.3 is 14.2 Å². The van der Waals surface area contributed by atoms with E-state index in [9.17, 15) is 22.8 Å². The minimum absolute atomic E-state index is 0.115. The Kier molecular flexibility index (Phi) is 5.99. The molecule has 1 amide bonds. The van der Waals surface area contributed by atoms with Crippen molar-refractivity contribution in [2.45, 2.75) is 33.4 Å². The molecule has 0 spiro atoms. The molecule has 0 saturated carbocycles. The molecule has 5 nitrogen and oxygen atoms in total. The first-order valence-electron chi connectivity index (χ1n) is 11.0. The predicted octanol–water partition coefficient (Wildman–Crippen LogP) is 2.88. The van der Waals surface area contributed by atoms with Gasteiger partial charge in [0.25, 0.3) is 5.91 Å². The van der Waals surface area contributed by atoms with Gasteiger partial charge in [0.1, 0.15) is 0 Å². The summed E-state index contributed by atoms with van der Waals surface area (Å²) in [6.45, 7) is 7.16. The van der Waals surface area contributed by atoms with Crippen LogP contribution in [0.1, 0.15) is 50.9 Å². The van der Waals surface area contributed by atoms with Gasteiger partial charge in [-0.1, -0.05) is 11.6 Å². The molecule has 2 aliphatic rings. The molecule has 4 rings (SSSR count). The average Bonchev–Trinajstić information content (AvgIpc) is 3.10. The molecule has 0 radical (unpaired) electrons. The standard InChI is InChI=1S/C25H27F3N2O3/c1-14-5-6-18(24(32)30-7-9-33-10-8-30)16(3)22(14)23(31)21-13-19-15(2)11-17(25(26,27)28)12-20(19)29(21)4/h5-6,12-13,17H,7-11H2,1-4H3. The number of aryl methyl sites for hydroxylation is 1. The van der Waals surface area contributed by atoms with E-state index < -0.39 is 12.1 Å². The highest BCUT2D eigenvalue weighted by Crippen LogP contribution is 2.33. The molecule has 176 valence electrons. The molecule has 2 heterocycles. The number of hydrogen-bond donors (Lipinski definition) is 0. The third-order valence-electron chi connectivity index (χ3n) is 6.71. The van der Waals surface area contributed by atoms with Gasteiger partial charge in [-0.3, -0.25) is 9.59 Å². The van der Waals surface area contributed by atoms with Crippen molar-refractivity contribution in [3.63, 3.8) is 0 Å². The van der Waals surface area contributed by atoms with Gasteiger partial charge in [-0.05, 0) is 61.7 Å². The zero-order valence-electron chi connectivity index (χ0n) is 19.2. The fourth-order valence-corrected chi connectivity index (χ4v) is 4.77. The molecule has 0 bridgehead atoms. The zero-order valence-corrected chi connectivity index (χ0v) is 19.2. The summed E-state index contributed by atoms with van der Waals surface area (Å²) in [5.41, 5.74) is 3.07. The van der Waals surface area contributed by atoms with Gasteiger partial charge in [-0.25, -0.2) is 0 Å². The van der Waals surface area contributed by atoms with Crippen molar-refractivity contribution in [2.75, 3.05) is 26.3 Å². The maximum Gasteiger partial charge on any atom is 0.395 e. The fourth-order valence-electron chi connectivity index (χ4n) is 4.77. The minimum Gasteiger partial charge on any atom is -0.378 e. The molecular formula is C25H27F3N2O3. The lowest BCUT2D eigenvalue weighted by atomic mass is 9.92. The summed E-state index contributed by atoms with van der Waals surface area (Å²) in [5.74, 6) is -2.02. The van der Waals surface area contributed by atoms with Crippen LogP contribution in [0.2, 0.25) is 0 Å². The quantitative estimate of drug-likeness (QED) is 0.662. The maximum absolute atomic E-state index is 13.7. The Hall–Kier alpha value is -2.87. The number of ketones is 1. The number of halogens is 3. The van der Waals surface area contributed by atoms with Crippen LogP contribution in [-0.2, 0) is 11.8 Å². The van der Waals surface area contributed by atoms with E-state index in [4.69, 9.17) is 4.74 Å². The number of alkyl halides is 3. The number of nitrogens with zero attached hydrogens (tertiary/aromatic N) is 2. The first-order valence-corrected chi connectivity index (χ1v) is 11.0. The number of benzene rings is 1. The van der Waals surface area contributed by atoms with Gasteiger partial charge >= 0.3 is 6.18 Å². The zero-order chi connectivity index (χ0) is 24.1. The van der Waals surface area contributed by atoms with Crippen LogP contribution in [0.4, 0.5) is 13.2 Å². The molecule has 1 unspecified atom stereocenters. The van der Waals surface area contributed by atoms with E-state index in [2.05, 4.69) is 0 Å². The third kappa shape index (κ3) is 4.12. The lowest BCUT2D eigenvalue weighted by Gasteiger charge is -2.28. The Balaban J connectivity index is 1.79. The topological polar surface area (TPSA) is 51.5 Å². The van der Waals surface area contributed by atoms with Crippen LogP contribution in [0.15, 0.2) is 18.2 Å². The number of morpholine rings is 1. The Labute approximate surface area is 190 Å². The number of ether oxygens (including phenoxy) is 1. The summed E-state index contributed by atoms with van der Waals surface area (Å²) in [4.78, 5) is 28.4. The third-order valence-corrected chi connectivity index (χ3v) is 6.71. The summed E-state index contributed by atoms with van der Waals surface area (Å²) in [6, 6.07) is 5.15. The van der Waals surface area contributed by atoms with Gasteiger partial charge in [0.05, 0.1) is 24.8 Å². The number of carbonyl (C=O) groups is 2. The summed E-state index contributed by atoms with van der Waals surface area (Å²) >= 11 is 0. The second kappa shape index (κ2) is 8.48. The van der Waals surface area contributed by atoms with Gasteiger partial charge in [0.15, 0.2) is 0 Å². The molecule has 1 atom stereocenters. The van der Waals surface area contributed by atoms with Crippen molar-refractivity contribution in [3.8, 4) is 0 Å². The smallest absolute Gasteiger partial charge is 0.378 e. The number of amides is 1. The molecule has 2 aromatic rings. The minimum atomic E-state index is -4.34. The van der Waals surface area contributed by atoms with Crippen molar-refractivity contribution in [1.29, 1.82) is 0 Å². The molecule has 1 aromatic heterocycles. The van der Waals surface area contributed by atoms with E-state index in [1.54, 1.807) is 50.9 Å². The second-order valence-electron chi connectivity index (χ2n) is 8.85. The van der Waals surface area contributed by atoms with Crippen molar-refractivity contribution in [1.82, 2.24) is 9.47 Å². The van der Waals surface area contributed by atoms with Crippen LogP contribution in [0.25, 0.3) is 11.6 Å². The highest BCUT2D eigenvalue weighted by molar-refractivity contribution is 6.11. The van der Waals surface area contributed by atoms with Crippen LogP contribution < -0.4 is 10.6 Å². The molecule has 1 aliphatic carbocycles. The van der Waals surface area contributed by atoms with Gasteiger partial charge in [0.2, 0.25) is 5.78 Å². The lowest BCUT2D eigenvalue weighted by molar-refractivity contribution is -0.155. The Morgan fingerprint density at radius 1 is 1.09 bits per heavy atom. The number of fused-ring (bicyclic) bond motifs is 1. The van der Waals surface area contributed by atoms with Crippen molar-refractivity contribution in [2.24, 2.45) is 13.0 Å². The first-order chi connectivity index (χ1) is 15.5. The van der Waals surface area contributed by atoms with Crippen LogP contribution in [0.3, 0.4) is 0 Å². The lowest BCUT2D eigenvalue weighted by Crippen LogP contribution is -2.41. The number of rotatable bonds is 3. The largest absolute Gasteiger partial charge is 0.395 e. The number of aromatic nitrogens is 1. The summed E-state index contributed by atoms with van der Waals surface area (Å²) < 4.78 is 47.0. The molecule has 8 heteroatoms. The summed E-state index contributed by atoms with van der Waals surface area (Å²) in [5, 5.41) is 1.07. The molecule has 1 aromatic carbocycles. The Morgan fingerprint density at radius 2 is 1.76 bits per heavy atom. The van der Waals surface area contributed by atoms with E-state index in [1.807, 2.05) is 0 Å². The van der Waals surface area contributed by atoms with Crippen molar-refractivity contribution >= 4 is 23.3 Å². The van der Waals surface area contributed by atoms with Crippen molar-refractivity contribution < 1.29 is 27.5 Å². The first kappa shape index (κ1) is 23.3. The summed E-state index contributed by atoms with van der Waals surface area (Å²) in [7, 11) is 1.61. The normalized spacial score (nSPS) is 18.7. The molecule has 1 saturated heterocycles. The van der Waals surface area contributed by atoms with Crippen LogP contribution in [0, 0.1) is 19.8 Å². The van der Waals surface area contributed by atoms with Crippen LogP contribution >= 0.6 is 0 Å². The Bertz CT molecular complexity index is 1250.